The first-order chi connectivity index (χ1) is 10.6. The van der Waals surface area contributed by atoms with E-state index in [1.54, 1.807) is 0 Å². The van der Waals surface area contributed by atoms with E-state index in [1.807, 2.05) is 16.7 Å². The predicted molar refractivity (Wildman–Crippen MR) is 90.8 cm³/mol. The van der Waals surface area contributed by atoms with Crippen molar-refractivity contribution >= 4 is 17.7 Å². The number of nitriles is 1. The zero-order valence-electron chi connectivity index (χ0n) is 13.8. The average molecular weight is 324 g/mol. The van der Waals surface area contributed by atoms with E-state index in [-0.39, 0.29) is 11.9 Å². The van der Waals surface area contributed by atoms with E-state index in [2.05, 4.69) is 29.7 Å². The Balaban J connectivity index is 1.78. The number of rotatable bonds is 4. The number of hydrogen-bond donors (Lipinski definition) is 0. The highest BCUT2D eigenvalue weighted by atomic mass is 32.2. The quantitative estimate of drug-likeness (QED) is 0.775. The van der Waals surface area contributed by atoms with Crippen LogP contribution in [0, 0.1) is 17.2 Å². The second kappa shape index (κ2) is 8.76. The van der Waals surface area contributed by atoms with Crippen LogP contribution in [0.1, 0.15) is 20.3 Å². The molecular formula is C16H28N4OS. The Labute approximate surface area is 138 Å². The second-order valence-corrected chi connectivity index (χ2v) is 7.70. The highest BCUT2D eigenvalue weighted by Crippen LogP contribution is 2.14. The molecule has 0 unspecified atom stereocenters. The van der Waals surface area contributed by atoms with Crippen LogP contribution in [-0.4, -0.2) is 84.0 Å². The van der Waals surface area contributed by atoms with Gasteiger partial charge in [-0.15, -0.1) is 0 Å². The van der Waals surface area contributed by atoms with Crippen molar-refractivity contribution in [3.05, 3.63) is 0 Å². The van der Waals surface area contributed by atoms with Gasteiger partial charge in [0.05, 0.1) is 12.6 Å². The summed E-state index contributed by atoms with van der Waals surface area (Å²) in [4.78, 5) is 18.9. The van der Waals surface area contributed by atoms with Gasteiger partial charge in [0.15, 0.2) is 0 Å². The lowest BCUT2D eigenvalue weighted by Crippen LogP contribution is -2.54. The van der Waals surface area contributed by atoms with Gasteiger partial charge < -0.3 is 4.90 Å². The molecule has 0 aliphatic carbocycles. The van der Waals surface area contributed by atoms with Gasteiger partial charge >= 0.3 is 0 Å². The molecule has 6 heteroatoms. The van der Waals surface area contributed by atoms with Crippen molar-refractivity contribution < 1.29 is 4.79 Å². The fourth-order valence-corrected chi connectivity index (χ4v) is 4.07. The minimum absolute atomic E-state index is 0.0279. The SMILES string of the molecule is CC(C)[C@H](C#N)N1CCN(C(=O)CN2CCCSCC2)CC1. The minimum atomic E-state index is -0.0279. The van der Waals surface area contributed by atoms with Crippen LogP contribution in [0.4, 0.5) is 0 Å². The Kier molecular flexibility index (Phi) is 7.00. The maximum Gasteiger partial charge on any atom is 0.236 e. The fourth-order valence-electron chi connectivity index (χ4n) is 3.15. The number of nitrogens with zero attached hydrogens (tertiary/aromatic N) is 4. The van der Waals surface area contributed by atoms with Crippen molar-refractivity contribution in [1.29, 1.82) is 5.26 Å². The van der Waals surface area contributed by atoms with Crippen LogP contribution in [0.25, 0.3) is 0 Å². The van der Waals surface area contributed by atoms with Crippen molar-refractivity contribution in [2.75, 3.05) is 57.3 Å². The van der Waals surface area contributed by atoms with Crippen LogP contribution in [-0.2, 0) is 4.79 Å². The van der Waals surface area contributed by atoms with Gasteiger partial charge in [0.25, 0.3) is 0 Å². The third-order valence-electron chi connectivity index (χ3n) is 4.50. The molecule has 0 spiro atoms. The molecular weight excluding hydrogens is 296 g/mol. The maximum absolute atomic E-state index is 12.5. The molecule has 0 bridgehead atoms. The third kappa shape index (κ3) is 4.87. The van der Waals surface area contributed by atoms with Gasteiger partial charge in [-0.05, 0) is 24.6 Å². The Hall–Kier alpha value is -0.770. The highest BCUT2D eigenvalue weighted by Gasteiger charge is 2.28. The molecule has 0 N–H and O–H groups in total. The summed E-state index contributed by atoms with van der Waals surface area (Å²) in [5, 5.41) is 9.29. The Morgan fingerprint density at radius 1 is 1.14 bits per heavy atom. The van der Waals surface area contributed by atoms with Crippen LogP contribution < -0.4 is 0 Å². The molecule has 1 amide bonds. The molecule has 22 heavy (non-hydrogen) atoms. The van der Waals surface area contributed by atoms with E-state index in [0.717, 1.165) is 45.0 Å². The zero-order valence-corrected chi connectivity index (χ0v) is 14.6. The fraction of sp³-hybridized carbons (Fsp3) is 0.875. The first-order valence-corrected chi connectivity index (χ1v) is 9.49. The molecule has 0 radical (unpaired) electrons. The van der Waals surface area contributed by atoms with Gasteiger partial charge in [-0.25, -0.2) is 0 Å². The van der Waals surface area contributed by atoms with Crippen LogP contribution in [0.2, 0.25) is 0 Å². The smallest absolute Gasteiger partial charge is 0.236 e. The third-order valence-corrected chi connectivity index (χ3v) is 5.55. The lowest BCUT2D eigenvalue weighted by atomic mass is 10.0. The summed E-state index contributed by atoms with van der Waals surface area (Å²) < 4.78 is 0. The standard InChI is InChI=1S/C16H28N4OS/c1-14(2)15(12-17)19-5-7-20(8-6-19)16(21)13-18-4-3-10-22-11-9-18/h14-15H,3-11,13H2,1-2H3/t15-/m0/s1. The van der Waals surface area contributed by atoms with Crippen molar-refractivity contribution in [3.8, 4) is 6.07 Å². The van der Waals surface area contributed by atoms with Gasteiger partial charge in [0.1, 0.15) is 6.04 Å². The molecule has 0 aromatic rings. The molecule has 0 aromatic carbocycles. The van der Waals surface area contributed by atoms with Gasteiger partial charge in [-0.3, -0.25) is 14.6 Å². The molecule has 1 atom stereocenters. The van der Waals surface area contributed by atoms with Gasteiger partial charge in [-0.2, -0.15) is 17.0 Å². The second-order valence-electron chi connectivity index (χ2n) is 6.48. The molecule has 0 saturated carbocycles. The topological polar surface area (TPSA) is 50.6 Å². The Morgan fingerprint density at radius 3 is 2.50 bits per heavy atom. The van der Waals surface area contributed by atoms with E-state index in [0.29, 0.717) is 12.5 Å². The van der Waals surface area contributed by atoms with Crippen LogP contribution in [0.5, 0.6) is 0 Å². The molecule has 124 valence electrons. The van der Waals surface area contributed by atoms with E-state index >= 15 is 0 Å². The van der Waals surface area contributed by atoms with Gasteiger partial charge in [-0.1, -0.05) is 13.8 Å². The number of carbonyl (C=O) groups is 1. The number of amides is 1. The van der Waals surface area contributed by atoms with Crippen molar-refractivity contribution in [1.82, 2.24) is 14.7 Å². The van der Waals surface area contributed by atoms with Crippen molar-refractivity contribution in [2.24, 2.45) is 5.92 Å². The molecule has 2 rings (SSSR count). The lowest BCUT2D eigenvalue weighted by molar-refractivity contribution is -0.134. The van der Waals surface area contributed by atoms with E-state index in [4.69, 9.17) is 0 Å². The summed E-state index contributed by atoms with van der Waals surface area (Å²) in [7, 11) is 0. The molecule has 0 aromatic heterocycles. The summed E-state index contributed by atoms with van der Waals surface area (Å²) in [5.41, 5.74) is 0. The lowest BCUT2D eigenvalue weighted by Gasteiger charge is -2.38. The summed E-state index contributed by atoms with van der Waals surface area (Å²) in [6, 6.07) is 2.37. The largest absolute Gasteiger partial charge is 0.339 e. The monoisotopic (exact) mass is 324 g/mol. The van der Waals surface area contributed by atoms with Crippen molar-refractivity contribution in [3.63, 3.8) is 0 Å². The average Bonchev–Trinajstić information content (AvgIpc) is 2.77. The predicted octanol–water partition coefficient (Wildman–Crippen LogP) is 1.12. The normalized spacial score (nSPS) is 23.1. The highest BCUT2D eigenvalue weighted by molar-refractivity contribution is 7.99. The summed E-state index contributed by atoms with van der Waals surface area (Å²) in [6.45, 7) is 9.95. The zero-order chi connectivity index (χ0) is 15.9. The Morgan fingerprint density at radius 2 is 1.86 bits per heavy atom. The molecule has 2 saturated heterocycles. The van der Waals surface area contributed by atoms with Crippen LogP contribution in [0.15, 0.2) is 0 Å². The maximum atomic E-state index is 12.5. The van der Waals surface area contributed by atoms with E-state index in [9.17, 15) is 10.1 Å². The molecule has 2 aliphatic rings. The summed E-state index contributed by atoms with van der Waals surface area (Å²) in [6.07, 6.45) is 1.18. The number of thioether (sulfide) groups is 1. The van der Waals surface area contributed by atoms with Crippen LogP contribution in [0.3, 0.4) is 0 Å². The van der Waals surface area contributed by atoms with Gasteiger partial charge in [0, 0.05) is 38.5 Å². The molecule has 2 fully saturated rings. The van der Waals surface area contributed by atoms with Crippen LogP contribution >= 0.6 is 11.8 Å². The molecule has 5 nitrogen and oxygen atoms in total. The number of carbonyl (C=O) groups excluding carboxylic acids is 1. The van der Waals surface area contributed by atoms with E-state index < -0.39 is 0 Å². The minimum Gasteiger partial charge on any atom is -0.339 e. The summed E-state index contributed by atoms with van der Waals surface area (Å²) in [5.74, 6) is 2.94. The number of piperazine rings is 1. The first kappa shape index (κ1) is 17.6. The molecule has 2 aliphatic heterocycles. The number of hydrogen-bond acceptors (Lipinski definition) is 5. The van der Waals surface area contributed by atoms with Crippen molar-refractivity contribution in [2.45, 2.75) is 26.3 Å². The first-order valence-electron chi connectivity index (χ1n) is 8.33. The van der Waals surface area contributed by atoms with E-state index in [1.165, 1.54) is 12.2 Å². The summed E-state index contributed by atoms with van der Waals surface area (Å²) >= 11 is 1.99. The Bertz CT molecular complexity index is 393. The van der Waals surface area contributed by atoms with Gasteiger partial charge in [0.2, 0.25) is 5.91 Å². The molecule has 2 heterocycles.